The molecule has 2 aromatic rings. The zero-order valence-electron chi connectivity index (χ0n) is 14.7. The van der Waals surface area contributed by atoms with Crippen molar-refractivity contribution >= 4 is 17.2 Å². The quantitative estimate of drug-likeness (QED) is 0.832. The predicted molar refractivity (Wildman–Crippen MR) is 101 cm³/mol. The number of hydrogen-bond donors (Lipinski definition) is 2. The maximum absolute atomic E-state index is 12.3. The smallest absolute Gasteiger partial charge is 0.226 e. The van der Waals surface area contributed by atoms with E-state index in [0.29, 0.717) is 18.9 Å². The number of piperidine rings is 1. The summed E-state index contributed by atoms with van der Waals surface area (Å²) in [5.74, 6) is 1.38. The van der Waals surface area contributed by atoms with Crippen LogP contribution in [0.1, 0.15) is 26.0 Å². The predicted octanol–water partition coefficient (Wildman–Crippen LogP) is 2.87. The molecule has 2 N–H and O–H groups in total. The largest absolute Gasteiger partial charge is 0.494 e. The number of nitrogens with one attached hydrogen (secondary N) is 2. The topological polar surface area (TPSA) is 63.2 Å². The molecular formula is C19H25N3O2S. The van der Waals surface area contributed by atoms with Crippen molar-refractivity contribution in [1.29, 1.82) is 0 Å². The Kier molecular flexibility index (Phi) is 6.04. The van der Waals surface area contributed by atoms with E-state index < -0.39 is 0 Å². The van der Waals surface area contributed by atoms with Gasteiger partial charge in [-0.2, -0.15) is 0 Å². The van der Waals surface area contributed by atoms with Gasteiger partial charge in [-0.1, -0.05) is 6.92 Å². The first-order valence-electron chi connectivity index (χ1n) is 8.83. The van der Waals surface area contributed by atoms with Gasteiger partial charge in [0.1, 0.15) is 10.8 Å². The number of ether oxygens (including phenoxy) is 1. The summed E-state index contributed by atoms with van der Waals surface area (Å²) in [6.07, 6.45) is 1.32. The molecule has 6 heteroatoms. The summed E-state index contributed by atoms with van der Waals surface area (Å²) in [6, 6.07) is 8.17. The van der Waals surface area contributed by atoms with E-state index in [-0.39, 0.29) is 11.9 Å². The summed E-state index contributed by atoms with van der Waals surface area (Å²) in [6.45, 7) is 6.73. The maximum Gasteiger partial charge on any atom is 0.226 e. The number of benzene rings is 1. The lowest BCUT2D eigenvalue weighted by Crippen LogP contribution is -2.48. The number of aromatic nitrogens is 1. The molecule has 0 aliphatic carbocycles. The summed E-state index contributed by atoms with van der Waals surface area (Å²) >= 11 is 1.57. The highest BCUT2D eigenvalue weighted by Crippen LogP contribution is 2.26. The molecule has 1 fully saturated rings. The molecule has 1 saturated heterocycles. The lowest BCUT2D eigenvalue weighted by Gasteiger charge is -2.30. The number of carbonyl (C=O) groups is 1. The van der Waals surface area contributed by atoms with E-state index in [0.717, 1.165) is 41.5 Å². The first kappa shape index (κ1) is 17.9. The van der Waals surface area contributed by atoms with Crippen molar-refractivity contribution in [2.24, 2.45) is 5.92 Å². The lowest BCUT2D eigenvalue weighted by molar-refractivity contribution is -0.121. The molecular weight excluding hydrogens is 334 g/mol. The highest BCUT2D eigenvalue weighted by atomic mass is 32.1. The second-order valence-electron chi connectivity index (χ2n) is 6.42. The van der Waals surface area contributed by atoms with E-state index in [1.54, 1.807) is 11.3 Å². The average molecular weight is 359 g/mol. The molecule has 0 spiro atoms. The Bertz CT molecular complexity index is 699. The van der Waals surface area contributed by atoms with Gasteiger partial charge in [-0.25, -0.2) is 4.98 Å². The summed E-state index contributed by atoms with van der Waals surface area (Å²) < 4.78 is 5.46. The molecule has 1 aliphatic heterocycles. The third kappa shape index (κ3) is 4.80. The lowest BCUT2D eigenvalue weighted by atomic mass is 9.95. The molecule has 0 saturated carbocycles. The fourth-order valence-electron chi connectivity index (χ4n) is 3.03. The SMILES string of the molecule is CCOc1ccc(-c2nc(CC(=O)NC3CCNCC3C)cs2)cc1. The van der Waals surface area contributed by atoms with Crippen molar-refractivity contribution in [1.82, 2.24) is 15.6 Å². The Morgan fingerprint density at radius 1 is 1.40 bits per heavy atom. The van der Waals surface area contributed by atoms with Crippen LogP contribution in [0, 0.1) is 5.92 Å². The molecule has 3 rings (SSSR count). The molecule has 0 bridgehead atoms. The monoisotopic (exact) mass is 359 g/mol. The van der Waals surface area contributed by atoms with Gasteiger partial charge in [0.25, 0.3) is 0 Å². The van der Waals surface area contributed by atoms with Gasteiger partial charge in [0, 0.05) is 17.0 Å². The van der Waals surface area contributed by atoms with E-state index in [9.17, 15) is 4.79 Å². The molecule has 5 nitrogen and oxygen atoms in total. The molecule has 2 heterocycles. The second-order valence-corrected chi connectivity index (χ2v) is 7.28. The van der Waals surface area contributed by atoms with Gasteiger partial charge in [0.05, 0.1) is 18.7 Å². The van der Waals surface area contributed by atoms with Crippen molar-refractivity contribution in [3.8, 4) is 16.3 Å². The summed E-state index contributed by atoms with van der Waals surface area (Å²) in [5, 5.41) is 9.41. The Morgan fingerprint density at radius 3 is 2.92 bits per heavy atom. The second kappa shape index (κ2) is 8.45. The Hall–Kier alpha value is -1.92. The van der Waals surface area contributed by atoms with Crippen LogP contribution >= 0.6 is 11.3 Å². The van der Waals surface area contributed by atoms with Crippen LogP contribution in [0.2, 0.25) is 0 Å². The molecule has 1 aromatic carbocycles. The standard InChI is InChI=1S/C19H25N3O2S/c1-3-24-16-6-4-14(5-7-16)19-21-15(12-25-19)10-18(23)22-17-8-9-20-11-13(17)2/h4-7,12-13,17,20H,3,8-11H2,1-2H3,(H,22,23). The maximum atomic E-state index is 12.3. The first-order valence-corrected chi connectivity index (χ1v) is 9.71. The normalized spacial score (nSPS) is 20.2. The van der Waals surface area contributed by atoms with Crippen LogP contribution in [0.25, 0.3) is 10.6 Å². The third-order valence-corrected chi connectivity index (χ3v) is 5.38. The molecule has 0 radical (unpaired) electrons. The van der Waals surface area contributed by atoms with Gasteiger partial charge in [0.15, 0.2) is 0 Å². The zero-order chi connectivity index (χ0) is 17.6. The van der Waals surface area contributed by atoms with Crippen molar-refractivity contribution in [3.05, 3.63) is 35.3 Å². The molecule has 1 aliphatic rings. The number of carbonyl (C=O) groups excluding carboxylic acids is 1. The minimum absolute atomic E-state index is 0.0577. The first-order chi connectivity index (χ1) is 12.2. The molecule has 1 amide bonds. The van der Waals surface area contributed by atoms with Crippen molar-refractivity contribution in [2.75, 3.05) is 19.7 Å². The Balaban J connectivity index is 1.58. The fourth-order valence-corrected chi connectivity index (χ4v) is 3.86. The number of amides is 1. The van der Waals surface area contributed by atoms with Gasteiger partial charge < -0.3 is 15.4 Å². The molecule has 2 atom stereocenters. The number of rotatable bonds is 6. The van der Waals surface area contributed by atoms with Gasteiger partial charge in [0.2, 0.25) is 5.91 Å². The molecule has 134 valence electrons. The highest BCUT2D eigenvalue weighted by Gasteiger charge is 2.22. The summed E-state index contributed by atoms with van der Waals surface area (Å²) in [7, 11) is 0. The van der Waals surface area contributed by atoms with Crippen molar-refractivity contribution in [3.63, 3.8) is 0 Å². The highest BCUT2D eigenvalue weighted by molar-refractivity contribution is 7.13. The molecule has 2 unspecified atom stereocenters. The Morgan fingerprint density at radius 2 is 2.20 bits per heavy atom. The van der Waals surface area contributed by atoms with Crippen molar-refractivity contribution in [2.45, 2.75) is 32.7 Å². The van der Waals surface area contributed by atoms with E-state index in [2.05, 4.69) is 22.5 Å². The van der Waals surface area contributed by atoms with Gasteiger partial charge in [-0.05, 0) is 56.6 Å². The minimum Gasteiger partial charge on any atom is -0.494 e. The summed E-state index contributed by atoms with van der Waals surface area (Å²) in [4.78, 5) is 16.9. The number of nitrogens with zero attached hydrogens (tertiary/aromatic N) is 1. The van der Waals surface area contributed by atoms with E-state index in [4.69, 9.17) is 4.74 Å². The van der Waals surface area contributed by atoms with Gasteiger partial charge in [-0.3, -0.25) is 4.79 Å². The van der Waals surface area contributed by atoms with Crippen LogP contribution in [-0.2, 0) is 11.2 Å². The van der Waals surface area contributed by atoms with Crippen LogP contribution in [0.5, 0.6) is 5.75 Å². The fraction of sp³-hybridized carbons (Fsp3) is 0.474. The van der Waals surface area contributed by atoms with E-state index >= 15 is 0 Å². The van der Waals surface area contributed by atoms with E-state index in [1.165, 1.54) is 0 Å². The molecule has 1 aromatic heterocycles. The van der Waals surface area contributed by atoms with Crippen LogP contribution in [0.3, 0.4) is 0 Å². The molecule has 25 heavy (non-hydrogen) atoms. The van der Waals surface area contributed by atoms with Gasteiger partial charge in [-0.15, -0.1) is 11.3 Å². The zero-order valence-corrected chi connectivity index (χ0v) is 15.6. The van der Waals surface area contributed by atoms with Crippen LogP contribution < -0.4 is 15.4 Å². The summed E-state index contributed by atoms with van der Waals surface area (Å²) in [5.41, 5.74) is 1.88. The third-order valence-electron chi connectivity index (χ3n) is 4.44. The van der Waals surface area contributed by atoms with Crippen molar-refractivity contribution < 1.29 is 9.53 Å². The minimum atomic E-state index is 0.0577. The Labute approximate surface area is 152 Å². The number of hydrogen-bond acceptors (Lipinski definition) is 5. The van der Waals surface area contributed by atoms with Crippen LogP contribution in [0.15, 0.2) is 29.6 Å². The average Bonchev–Trinajstić information content (AvgIpc) is 3.06. The van der Waals surface area contributed by atoms with Gasteiger partial charge >= 0.3 is 0 Å². The van der Waals surface area contributed by atoms with Crippen LogP contribution in [0.4, 0.5) is 0 Å². The van der Waals surface area contributed by atoms with E-state index in [1.807, 2.05) is 36.6 Å². The van der Waals surface area contributed by atoms with Crippen LogP contribution in [-0.4, -0.2) is 36.6 Å². The number of thiazole rings is 1.